The maximum Gasteiger partial charge on any atom is 0.416 e. The molecule has 1 fully saturated rings. The van der Waals surface area contributed by atoms with Crippen LogP contribution in [0.1, 0.15) is 47.4 Å². The Morgan fingerprint density at radius 3 is 2.56 bits per heavy atom. The lowest BCUT2D eigenvalue weighted by Crippen LogP contribution is -2.23. The van der Waals surface area contributed by atoms with Crippen LogP contribution in [0.15, 0.2) is 45.9 Å². The fraction of sp³-hybridized carbons (Fsp3) is 0.368. The van der Waals surface area contributed by atoms with Gasteiger partial charge in [-0.3, -0.25) is 4.79 Å². The first-order valence-electron chi connectivity index (χ1n) is 8.79. The monoisotopic (exact) mass is 379 g/mol. The SMILES string of the molecule is O=C(N/N=C/c1ccc(N2CCCCCC2)o1)c1cccc(C(F)(F)F)c1. The standard InChI is InChI=1S/C19H20F3N3O2/c20-19(21,22)15-7-5-6-14(12-15)18(26)24-23-13-16-8-9-17(27-16)25-10-3-1-2-4-11-25/h5-9,12-13H,1-4,10-11H2,(H,24,26)/b23-13+. The van der Waals surface area contributed by atoms with E-state index in [4.69, 9.17) is 4.42 Å². The number of carbonyl (C=O) groups excluding carboxylic acids is 1. The quantitative estimate of drug-likeness (QED) is 0.631. The third-order valence-electron chi connectivity index (χ3n) is 4.34. The van der Waals surface area contributed by atoms with Gasteiger partial charge in [0.1, 0.15) is 5.76 Å². The van der Waals surface area contributed by atoms with Crippen molar-refractivity contribution in [3.05, 3.63) is 53.3 Å². The number of furan rings is 1. The van der Waals surface area contributed by atoms with E-state index in [0.717, 1.165) is 43.9 Å². The molecule has 0 aliphatic carbocycles. The first-order chi connectivity index (χ1) is 12.9. The zero-order valence-electron chi connectivity index (χ0n) is 14.6. The number of hydrogen-bond acceptors (Lipinski definition) is 4. The summed E-state index contributed by atoms with van der Waals surface area (Å²) in [6.07, 6.45) is 1.50. The molecule has 1 aliphatic heterocycles. The molecular formula is C19H20F3N3O2. The Balaban J connectivity index is 1.60. The number of benzene rings is 1. The average molecular weight is 379 g/mol. The number of hydrazone groups is 1. The van der Waals surface area contributed by atoms with Crippen LogP contribution in [0.4, 0.5) is 19.1 Å². The molecule has 0 spiro atoms. The van der Waals surface area contributed by atoms with Crippen molar-refractivity contribution in [2.24, 2.45) is 5.10 Å². The number of hydrogen-bond donors (Lipinski definition) is 1. The summed E-state index contributed by atoms with van der Waals surface area (Å²) < 4.78 is 43.8. The van der Waals surface area contributed by atoms with Crippen LogP contribution < -0.4 is 10.3 Å². The number of nitrogens with zero attached hydrogens (tertiary/aromatic N) is 2. The zero-order chi connectivity index (χ0) is 19.3. The lowest BCUT2D eigenvalue weighted by atomic mass is 10.1. The van der Waals surface area contributed by atoms with Gasteiger partial charge in [0.25, 0.3) is 5.91 Å². The first-order valence-corrected chi connectivity index (χ1v) is 8.79. The molecule has 1 amide bonds. The minimum absolute atomic E-state index is 0.119. The number of anilines is 1. The predicted octanol–water partition coefficient (Wildman–Crippen LogP) is 4.44. The Morgan fingerprint density at radius 1 is 1.11 bits per heavy atom. The molecule has 2 heterocycles. The van der Waals surface area contributed by atoms with Crippen LogP contribution in [0, 0.1) is 0 Å². The molecule has 1 N–H and O–H groups in total. The largest absolute Gasteiger partial charge is 0.440 e. The second-order valence-corrected chi connectivity index (χ2v) is 6.35. The first kappa shape index (κ1) is 19.0. The van der Waals surface area contributed by atoms with E-state index in [1.54, 1.807) is 6.07 Å². The highest BCUT2D eigenvalue weighted by atomic mass is 19.4. The Bertz CT molecular complexity index is 807. The van der Waals surface area contributed by atoms with Crippen LogP contribution in [0.3, 0.4) is 0 Å². The highest BCUT2D eigenvalue weighted by molar-refractivity contribution is 5.94. The molecule has 1 saturated heterocycles. The number of alkyl halides is 3. The third-order valence-corrected chi connectivity index (χ3v) is 4.34. The minimum Gasteiger partial charge on any atom is -0.440 e. The number of carbonyl (C=O) groups is 1. The molecule has 144 valence electrons. The van der Waals surface area contributed by atoms with Gasteiger partial charge < -0.3 is 9.32 Å². The van der Waals surface area contributed by atoms with Gasteiger partial charge in [0.15, 0.2) is 5.88 Å². The van der Waals surface area contributed by atoms with Crippen molar-refractivity contribution in [1.29, 1.82) is 0 Å². The van der Waals surface area contributed by atoms with Crippen LogP contribution >= 0.6 is 0 Å². The van der Waals surface area contributed by atoms with Crippen LogP contribution in [0.5, 0.6) is 0 Å². The van der Waals surface area contributed by atoms with E-state index in [1.807, 2.05) is 6.07 Å². The van der Waals surface area contributed by atoms with Crippen LogP contribution in [0.25, 0.3) is 0 Å². The summed E-state index contributed by atoms with van der Waals surface area (Å²) in [7, 11) is 0. The fourth-order valence-electron chi connectivity index (χ4n) is 2.93. The molecule has 0 atom stereocenters. The van der Waals surface area contributed by atoms with Crippen molar-refractivity contribution < 1.29 is 22.4 Å². The van der Waals surface area contributed by atoms with Crippen LogP contribution in [-0.4, -0.2) is 25.2 Å². The summed E-state index contributed by atoms with van der Waals surface area (Å²) in [5, 5.41) is 3.77. The molecule has 1 aromatic carbocycles. The van der Waals surface area contributed by atoms with E-state index in [-0.39, 0.29) is 5.56 Å². The molecule has 0 radical (unpaired) electrons. The van der Waals surface area contributed by atoms with Crippen molar-refractivity contribution in [3.63, 3.8) is 0 Å². The van der Waals surface area contributed by atoms with E-state index in [1.165, 1.54) is 31.2 Å². The molecule has 1 aliphatic rings. The van der Waals surface area contributed by atoms with E-state index in [0.29, 0.717) is 5.76 Å². The maximum absolute atomic E-state index is 12.7. The topological polar surface area (TPSA) is 57.8 Å². The van der Waals surface area contributed by atoms with Crippen molar-refractivity contribution in [1.82, 2.24) is 5.43 Å². The predicted molar refractivity (Wildman–Crippen MR) is 95.9 cm³/mol. The van der Waals surface area contributed by atoms with E-state index in [2.05, 4.69) is 15.4 Å². The Labute approximate surface area is 154 Å². The summed E-state index contributed by atoms with van der Waals surface area (Å²) in [5.41, 5.74) is 1.21. The molecular weight excluding hydrogens is 359 g/mol. The summed E-state index contributed by atoms with van der Waals surface area (Å²) >= 11 is 0. The Hall–Kier alpha value is -2.77. The van der Waals surface area contributed by atoms with Gasteiger partial charge in [-0.05, 0) is 37.1 Å². The highest BCUT2D eigenvalue weighted by Gasteiger charge is 2.30. The average Bonchev–Trinajstić information content (AvgIpc) is 2.94. The highest BCUT2D eigenvalue weighted by Crippen LogP contribution is 2.29. The van der Waals surface area contributed by atoms with Gasteiger partial charge in [-0.1, -0.05) is 18.9 Å². The molecule has 5 nitrogen and oxygen atoms in total. The Morgan fingerprint density at radius 2 is 1.85 bits per heavy atom. The van der Waals surface area contributed by atoms with E-state index < -0.39 is 17.6 Å². The van der Waals surface area contributed by atoms with Gasteiger partial charge in [0, 0.05) is 24.7 Å². The number of rotatable bonds is 4. The Kier molecular flexibility index (Phi) is 5.83. The second-order valence-electron chi connectivity index (χ2n) is 6.35. The van der Waals surface area contributed by atoms with Gasteiger partial charge in [-0.25, -0.2) is 5.43 Å². The molecule has 8 heteroatoms. The van der Waals surface area contributed by atoms with Crippen molar-refractivity contribution >= 4 is 18.0 Å². The molecule has 3 rings (SSSR count). The van der Waals surface area contributed by atoms with Crippen LogP contribution in [0.2, 0.25) is 0 Å². The molecule has 0 saturated carbocycles. The third kappa shape index (κ3) is 5.12. The molecule has 0 unspecified atom stereocenters. The molecule has 0 bridgehead atoms. The van der Waals surface area contributed by atoms with Crippen molar-refractivity contribution in [2.75, 3.05) is 18.0 Å². The van der Waals surface area contributed by atoms with Gasteiger partial charge >= 0.3 is 6.18 Å². The number of amides is 1. The summed E-state index contributed by atoms with van der Waals surface area (Å²) in [5.74, 6) is 0.484. The summed E-state index contributed by atoms with van der Waals surface area (Å²) in [6.45, 7) is 1.88. The lowest BCUT2D eigenvalue weighted by molar-refractivity contribution is -0.137. The number of halogens is 3. The zero-order valence-corrected chi connectivity index (χ0v) is 14.6. The lowest BCUT2D eigenvalue weighted by Gasteiger charge is -2.18. The summed E-state index contributed by atoms with van der Waals surface area (Å²) in [6, 6.07) is 7.76. The maximum atomic E-state index is 12.7. The second kappa shape index (κ2) is 8.28. The van der Waals surface area contributed by atoms with Crippen molar-refractivity contribution in [3.8, 4) is 0 Å². The normalized spacial score (nSPS) is 15.7. The summed E-state index contributed by atoms with van der Waals surface area (Å²) in [4.78, 5) is 14.1. The van der Waals surface area contributed by atoms with Gasteiger partial charge in [-0.2, -0.15) is 18.3 Å². The van der Waals surface area contributed by atoms with E-state index in [9.17, 15) is 18.0 Å². The smallest absolute Gasteiger partial charge is 0.416 e. The molecule has 2 aromatic rings. The fourth-order valence-corrected chi connectivity index (χ4v) is 2.93. The molecule has 27 heavy (non-hydrogen) atoms. The molecule has 1 aromatic heterocycles. The van der Waals surface area contributed by atoms with Gasteiger partial charge in [0.2, 0.25) is 0 Å². The van der Waals surface area contributed by atoms with E-state index >= 15 is 0 Å². The van der Waals surface area contributed by atoms with Crippen molar-refractivity contribution in [2.45, 2.75) is 31.9 Å². The van der Waals surface area contributed by atoms with Gasteiger partial charge in [0.05, 0.1) is 11.8 Å². The van der Waals surface area contributed by atoms with Crippen LogP contribution in [-0.2, 0) is 6.18 Å². The minimum atomic E-state index is -4.50. The number of nitrogens with one attached hydrogen (secondary N) is 1. The van der Waals surface area contributed by atoms with Gasteiger partial charge in [-0.15, -0.1) is 0 Å².